The smallest absolute Gasteiger partial charge is 0.243 e. The Morgan fingerprint density at radius 3 is 2.40 bits per heavy atom. The van der Waals surface area contributed by atoms with E-state index in [-0.39, 0.29) is 12.5 Å². The van der Waals surface area contributed by atoms with Crippen molar-refractivity contribution in [2.24, 2.45) is 5.92 Å². The van der Waals surface area contributed by atoms with E-state index in [0.717, 1.165) is 35.9 Å². The Bertz CT molecular complexity index is 744. The number of carbonyl (C=O) groups is 1. The van der Waals surface area contributed by atoms with E-state index in [2.05, 4.69) is 31.4 Å². The van der Waals surface area contributed by atoms with Crippen LogP contribution in [-0.2, 0) is 4.79 Å². The molecular formula is C25H36N2O3. The number of hydrogen-bond donors (Lipinski definition) is 2. The van der Waals surface area contributed by atoms with Crippen LogP contribution in [0.1, 0.15) is 52.9 Å². The van der Waals surface area contributed by atoms with Crippen LogP contribution in [-0.4, -0.2) is 25.7 Å². The van der Waals surface area contributed by atoms with Crippen molar-refractivity contribution in [1.29, 1.82) is 0 Å². The van der Waals surface area contributed by atoms with Crippen LogP contribution >= 0.6 is 0 Å². The quantitative estimate of drug-likeness (QED) is 0.367. The first-order chi connectivity index (χ1) is 14.6. The number of rotatable bonds is 14. The van der Waals surface area contributed by atoms with Crippen molar-refractivity contribution in [1.82, 2.24) is 0 Å². The van der Waals surface area contributed by atoms with Gasteiger partial charge in [-0.2, -0.15) is 0 Å². The molecule has 0 aliphatic rings. The summed E-state index contributed by atoms with van der Waals surface area (Å²) in [6.45, 7) is 8.03. The molecule has 30 heavy (non-hydrogen) atoms. The van der Waals surface area contributed by atoms with E-state index in [4.69, 9.17) is 9.47 Å². The minimum atomic E-state index is -0.104. The highest BCUT2D eigenvalue weighted by molar-refractivity contribution is 5.93. The van der Waals surface area contributed by atoms with Crippen molar-refractivity contribution in [3.05, 3.63) is 48.5 Å². The summed E-state index contributed by atoms with van der Waals surface area (Å²) in [7, 11) is 0. The highest BCUT2D eigenvalue weighted by Gasteiger charge is 2.04. The van der Waals surface area contributed by atoms with E-state index < -0.39 is 0 Å². The molecule has 0 unspecified atom stereocenters. The molecule has 0 aliphatic heterocycles. The van der Waals surface area contributed by atoms with Gasteiger partial charge in [-0.3, -0.25) is 4.79 Å². The number of benzene rings is 2. The summed E-state index contributed by atoms with van der Waals surface area (Å²) in [6.07, 6.45) is 6.08. The van der Waals surface area contributed by atoms with Crippen molar-refractivity contribution in [2.75, 3.05) is 30.4 Å². The number of carbonyl (C=O) groups excluding carboxylic acids is 1. The SMILES string of the molecule is CCCCCCCOc1cccc(NCC(=O)Nc2ccc(OCC(C)C)cc2)c1. The fourth-order valence-electron chi connectivity index (χ4n) is 2.88. The zero-order chi connectivity index (χ0) is 21.6. The second kappa shape index (κ2) is 13.5. The normalized spacial score (nSPS) is 10.7. The van der Waals surface area contributed by atoms with Gasteiger partial charge >= 0.3 is 0 Å². The van der Waals surface area contributed by atoms with E-state index in [9.17, 15) is 4.79 Å². The van der Waals surface area contributed by atoms with Crippen molar-refractivity contribution >= 4 is 17.3 Å². The lowest BCUT2D eigenvalue weighted by molar-refractivity contribution is -0.114. The van der Waals surface area contributed by atoms with Gasteiger partial charge in [0.15, 0.2) is 0 Å². The molecule has 0 atom stereocenters. The maximum Gasteiger partial charge on any atom is 0.243 e. The fourth-order valence-corrected chi connectivity index (χ4v) is 2.88. The van der Waals surface area contributed by atoms with Crippen molar-refractivity contribution in [2.45, 2.75) is 52.9 Å². The third-order valence-corrected chi connectivity index (χ3v) is 4.53. The van der Waals surface area contributed by atoms with Gasteiger partial charge in [-0.1, -0.05) is 52.5 Å². The molecule has 5 nitrogen and oxygen atoms in total. The molecular weight excluding hydrogens is 376 g/mol. The average molecular weight is 413 g/mol. The van der Waals surface area contributed by atoms with Crippen LogP contribution in [0.15, 0.2) is 48.5 Å². The zero-order valence-electron chi connectivity index (χ0n) is 18.6. The van der Waals surface area contributed by atoms with Crippen molar-refractivity contribution in [3.8, 4) is 11.5 Å². The maximum absolute atomic E-state index is 12.2. The van der Waals surface area contributed by atoms with Crippen LogP contribution < -0.4 is 20.1 Å². The molecule has 0 heterocycles. The number of unbranched alkanes of at least 4 members (excludes halogenated alkanes) is 4. The second-order valence-corrected chi connectivity index (χ2v) is 7.92. The molecule has 0 saturated heterocycles. The van der Waals surface area contributed by atoms with Crippen LogP contribution in [0, 0.1) is 5.92 Å². The number of amides is 1. The molecule has 5 heteroatoms. The molecule has 0 saturated carbocycles. The van der Waals surface area contributed by atoms with Crippen LogP contribution in [0.25, 0.3) is 0 Å². The standard InChI is InChI=1S/C25H36N2O3/c1-4-5-6-7-8-16-29-24-11-9-10-22(17-24)26-18-25(28)27-21-12-14-23(15-13-21)30-19-20(2)3/h9-15,17,20,26H,4-8,16,18-19H2,1-3H3,(H,27,28). The largest absolute Gasteiger partial charge is 0.494 e. The van der Waals surface area contributed by atoms with Gasteiger partial charge in [0.2, 0.25) is 5.91 Å². The van der Waals surface area contributed by atoms with Crippen LogP contribution in [0.2, 0.25) is 0 Å². The van der Waals surface area contributed by atoms with Crippen molar-refractivity contribution < 1.29 is 14.3 Å². The summed E-state index contributed by atoms with van der Waals surface area (Å²) >= 11 is 0. The lowest BCUT2D eigenvalue weighted by Gasteiger charge is -2.11. The number of anilines is 2. The molecule has 0 bridgehead atoms. The predicted octanol–water partition coefficient (Wildman–Crippen LogP) is 6.12. The van der Waals surface area contributed by atoms with Gasteiger partial charge in [0.25, 0.3) is 0 Å². The average Bonchev–Trinajstić information content (AvgIpc) is 2.74. The highest BCUT2D eigenvalue weighted by atomic mass is 16.5. The monoisotopic (exact) mass is 412 g/mol. The first-order valence-electron chi connectivity index (χ1n) is 11.1. The minimum absolute atomic E-state index is 0.104. The summed E-state index contributed by atoms with van der Waals surface area (Å²) in [5, 5.41) is 6.04. The van der Waals surface area contributed by atoms with Crippen LogP contribution in [0.5, 0.6) is 11.5 Å². The molecule has 164 valence electrons. The number of hydrogen-bond acceptors (Lipinski definition) is 4. The molecule has 0 spiro atoms. The van der Waals surface area contributed by atoms with Crippen molar-refractivity contribution in [3.63, 3.8) is 0 Å². The highest BCUT2D eigenvalue weighted by Crippen LogP contribution is 2.19. The predicted molar refractivity (Wildman–Crippen MR) is 125 cm³/mol. The third-order valence-electron chi connectivity index (χ3n) is 4.53. The Labute approximate surface area is 181 Å². The molecule has 2 aromatic carbocycles. The van der Waals surface area contributed by atoms with E-state index in [1.165, 1.54) is 25.7 Å². The van der Waals surface area contributed by atoms with Gasteiger partial charge in [0, 0.05) is 17.4 Å². The third kappa shape index (κ3) is 9.68. The molecule has 2 N–H and O–H groups in total. The Balaban J connectivity index is 1.71. The van der Waals surface area contributed by atoms with Gasteiger partial charge in [0.1, 0.15) is 11.5 Å². The molecule has 0 fully saturated rings. The van der Waals surface area contributed by atoms with Gasteiger partial charge in [-0.25, -0.2) is 0 Å². The topological polar surface area (TPSA) is 59.6 Å². The van der Waals surface area contributed by atoms with Crippen LogP contribution in [0.3, 0.4) is 0 Å². The maximum atomic E-state index is 12.2. The molecule has 1 amide bonds. The minimum Gasteiger partial charge on any atom is -0.494 e. The van der Waals surface area contributed by atoms with Gasteiger partial charge in [-0.05, 0) is 48.7 Å². The lowest BCUT2D eigenvalue weighted by Crippen LogP contribution is -2.21. The van der Waals surface area contributed by atoms with E-state index in [0.29, 0.717) is 12.5 Å². The lowest BCUT2D eigenvalue weighted by atomic mass is 10.2. The zero-order valence-corrected chi connectivity index (χ0v) is 18.6. The van der Waals surface area contributed by atoms with Gasteiger partial charge in [-0.15, -0.1) is 0 Å². The summed E-state index contributed by atoms with van der Waals surface area (Å²) in [5.41, 5.74) is 1.62. The Morgan fingerprint density at radius 2 is 1.67 bits per heavy atom. The van der Waals surface area contributed by atoms with Gasteiger partial charge < -0.3 is 20.1 Å². The Kier molecular flexibility index (Phi) is 10.6. The summed E-state index contributed by atoms with van der Waals surface area (Å²) in [5.74, 6) is 2.01. The van der Waals surface area contributed by atoms with E-state index in [1.807, 2.05) is 48.5 Å². The first kappa shape index (κ1) is 23.6. The second-order valence-electron chi connectivity index (χ2n) is 7.92. The van der Waals surface area contributed by atoms with Crippen LogP contribution in [0.4, 0.5) is 11.4 Å². The van der Waals surface area contributed by atoms with Gasteiger partial charge in [0.05, 0.1) is 19.8 Å². The number of nitrogens with one attached hydrogen (secondary N) is 2. The summed E-state index contributed by atoms with van der Waals surface area (Å²) in [4.78, 5) is 12.2. The molecule has 2 rings (SSSR count). The summed E-state index contributed by atoms with van der Waals surface area (Å²) in [6, 6.07) is 15.2. The molecule has 0 aliphatic carbocycles. The summed E-state index contributed by atoms with van der Waals surface area (Å²) < 4.78 is 11.5. The Hall–Kier alpha value is -2.69. The first-order valence-corrected chi connectivity index (χ1v) is 11.1. The number of ether oxygens (including phenoxy) is 2. The van der Waals surface area contributed by atoms with E-state index >= 15 is 0 Å². The molecule has 0 radical (unpaired) electrons. The van der Waals surface area contributed by atoms with E-state index in [1.54, 1.807) is 0 Å². The fraction of sp³-hybridized carbons (Fsp3) is 0.480. The molecule has 2 aromatic rings. The molecule has 0 aromatic heterocycles. The Morgan fingerprint density at radius 1 is 0.900 bits per heavy atom.